The first kappa shape index (κ1) is 17.3. The summed E-state index contributed by atoms with van der Waals surface area (Å²) >= 11 is 0. The van der Waals surface area contributed by atoms with Crippen LogP contribution in [0.4, 0.5) is 0 Å². The summed E-state index contributed by atoms with van der Waals surface area (Å²) in [6.07, 6.45) is 0. The van der Waals surface area contributed by atoms with Crippen molar-refractivity contribution in [1.29, 1.82) is 0 Å². The van der Waals surface area contributed by atoms with Gasteiger partial charge in [-0.3, -0.25) is 4.79 Å². The maximum Gasteiger partial charge on any atom is 0.271 e. The molecule has 0 radical (unpaired) electrons. The second-order valence-electron chi connectivity index (χ2n) is 4.94. The molecule has 0 aliphatic heterocycles. The minimum Gasteiger partial charge on any atom is -0.497 e. The third-order valence-corrected chi connectivity index (χ3v) is 3.48. The van der Waals surface area contributed by atoms with E-state index >= 15 is 0 Å². The second kappa shape index (κ2) is 8.01. The molecule has 0 saturated heterocycles. The van der Waals surface area contributed by atoms with Gasteiger partial charge in [0.05, 0.1) is 27.0 Å². The minimum atomic E-state index is -0.330. The molecule has 0 aliphatic rings. The molecule has 2 aromatic carbocycles. The zero-order chi connectivity index (χ0) is 17.5. The minimum absolute atomic E-state index is 0.330. The molecule has 2 aromatic rings. The molecule has 0 saturated carbocycles. The first-order valence-electron chi connectivity index (χ1n) is 7.30. The molecular formula is C18H20N2O4. The highest BCUT2D eigenvalue weighted by Gasteiger charge is 2.10. The van der Waals surface area contributed by atoms with Crippen molar-refractivity contribution >= 4 is 11.6 Å². The van der Waals surface area contributed by atoms with E-state index in [1.807, 2.05) is 31.2 Å². The second-order valence-corrected chi connectivity index (χ2v) is 4.94. The predicted molar refractivity (Wildman–Crippen MR) is 92.2 cm³/mol. The van der Waals surface area contributed by atoms with Crippen molar-refractivity contribution in [3.8, 4) is 17.2 Å². The predicted octanol–water partition coefficient (Wildman–Crippen LogP) is 2.87. The highest BCUT2D eigenvalue weighted by molar-refractivity contribution is 6.01. The van der Waals surface area contributed by atoms with Crippen LogP contribution in [-0.4, -0.2) is 32.9 Å². The van der Waals surface area contributed by atoms with E-state index in [2.05, 4.69) is 10.5 Å². The standard InChI is InChI=1S/C18H20N2O4/c1-12(13-5-8-15(22-2)9-6-13)19-20-18(21)14-7-10-16(23-3)17(11-14)24-4/h5-11H,1-4H3,(H,20,21)/b19-12-. The lowest BCUT2D eigenvalue weighted by molar-refractivity contribution is 0.0954. The van der Waals surface area contributed by atoms with Crippen molar-refractivity contribution in [2.75, 3.05) is 21.3 Å². The Labute approximate surface area is 141 Å². The molecule has 6 heteroatoms. The number of methoxy groups -OCH3 is 3. The summed E-state index contributed by atoms with van der Waals surface area (Å²) in [5, 5.41) is 4.13. The SMILES string of the molecule is COc1ccc(/C(C)=N\NC(=O)c2ccc(OC)c(OC)c2)cc1. The van der Waals surface area contributed by atoms with E-state index in [0.29, 0.717) is 22.8 Å². The molecule has 0 atom stereocenters. The van der Waals surface area contributed by atoms with Crippen LogP contribution in [0.15, 0.2) is 47.6 Å². The number of benzene rings is 2. The quantitative estimate of drug-likeness (QED) is 0.654. The monoisotopic (exact) mass is 328 g/mol. The number of rotatable bonds is 6. The Balaban J connectivity index is 2.10. The van der Waals surface area contributed by atoms with Crippen LogP contribution in [0.5, 0.6) is 17.2 Å². The van der Waals surface area contributed by atoms with E-state index in [1.165, 1.54) is 7.11 Å². The van der Waals surface area contributed by atoms with Gasteiger partial charge in [-0.15, -0.1) is 0 Å². The third kappa shape index (κ3) is 4.04. The van der Waals surface area contributed by atoms with Gasteiger partial charge in [0.15, 0.2) is 11.5 Å². The van der Waals surface area contributed by atoms with Crippen LogP contribution < -0.4 is 19.6 Å². The molecule has 24 heavy (non-hydrogen) atoms. The molecule has 0 unspecified atom stereocenters. The summed E-state index contributed by atoms with van der Waals surface area (Å²) in [6.45, 7) is 1.82. The van der Waals surface area contributed by atoms with Gasteiger partial charge >= 0.3 is 0 Å². The molecule has 0 aliphatic carbocycles. The number of ether oxygens (including phenoxy) is 3. The van der Waals surface area contributed by atoms with E-state index in [1.54, 1.807) is 32.4 Å². The molecule has 1 amide bonds. The fraction of sp³-hybridized carbons (Fsp3) is 0.222. The van der Waals surface area contributed by atoms with Crippen molar-refractivity contribution in [2.45, 2.75) is 6.92 Å². The van der Waals surface area contributed by atoms with Crippen LogP contribution in [0.25, 0.3) is 0 Å². The molecule has 0 spiro atoms. The number of hydrogen-bond donors (Lipinski definition) is 1. The molecule has 0 bridgehead atoms. The van der Waals surface area contributed by atoms with E-state index in [9.17, 15) is 4.79 Å². The summed E-state index contributed by atoms with van der Waals surface area (Å²) in [4.78, 5) is 12.2. The average molecular weight is 328 g/mol. The van der Waals surface area contributed by atoms with Gasteiger partial charge in [-0.2, -0.15) is 5.10 Å². The van der Waals surface area contributed by atoms with Gasteiger partial charge in [0.2, 0.25) is 0 Å². The van der Waals surface area contributed by atoms with E-state index in [-0.39, 0.29) is 5.91 Å². The molecule has 0 aromatic heterocycles. The van der Waals surface area contributed by atoms with E-state index in [4.69, 9.17) is 14.2 Å². The maximum absolute atomic E-state index is 12.2. The number of hydrogen-bond acceptors (Lipinski definition) is 5. The lowest BCUT2D eigenvalue weighted by Crippen LogP contribution is -2.19. The Morgan fingerprint density at radius 3 is 2.08 bits per heavy atom. The van der Waals surface area contributed by atoms with E-state index in [0.717, 1.165) is 11.3 Å². The van der Waals surface area contributed by atoms with Gasteiger partial charge in [0, 0.05) is 5.56 Å². The Kier molecular flexibility index (Phi) is 5.78. The van der Waals surface area contributed by atoms with Gasteiger partial charge in [0.1, 0.15) is 5.75 Å². The lowest BCUT2D eigenvalue weighted by atomic mass is 10.1. The lowest BCUT2D eigenvalue weighted by Gasteiger charge is -2.09. The highest BCUT2D eigenvalue weighted by Crippen LogP contribution is 2.27. The first-order valence-corrected chi connectivity index (χ1v) is 7.30. The Bertz CT molecular complexity index is 739. The van der Waals surface area contributed by atoms with Gasteiger partial charge in [-0.05, 0) is 55.0 Å². The van der Waals surface area contributed by atoms with Crippen molar-refractivity contribution < 1.29 is 19.0 Å². The van der Waals surface area contributed by atoms with Crippen LogP contribution in [0.2, 0.25) is 0 Å². The summed E-state index contributed by atoms with van der Waals surface area (Å²) in [5.74, 6) is 1.48. The zero-order valence-electron chi connectivity index (χ0n) is 14.1. The van der Waals surface area contributed by atoms with Crippen LogP contribution in [0, 0.1) is 0 Å². The number of carbonyl (C=O) groups excluding carboxylic acids is 1. The molecular weight excluding hydrogens is 308 g/mol. The van der Waals surface area contributed by atoms with Gasteiger partial charge in [0.25, 0.3) is 5.91 Å². The van der Waals surface area contributed by atoms with Crippen LogP contribution in [-0.2, 0) is 0 Å². The number of nitrogens with zero attached hydrogens (tertiary/aromatic N) is 1. The van der Waals surface area contributed by atoms with Crippen molar-refractivity contribution in [2.24, 2.45) is 5.10 Å². The number of amides is 1. The topological polar surface area (TPSA) is 69.2 Å². The Hall–Kier alpha value is -3.02. The molecule has 0 heterocycles. The Morgan fingerprint density at radius 1 is 0.875 bits per heavy atom. The molecule has 126 valence electrons. The van der Waals surface area contributed by atoms with E-state index < -0.39 is 0 Å². The van der Waals surface area contributed by atoms with Crippen molar-refractivity contribution in [3.63, 3.8) is 0 Å². The van der Waals surface area contributed by atoms with Gasteiger partial charge in [-0.1, -0.05) is 0 Å². The Morgan fingerprint density at radius 2 is 1.50 bits per heavy atom. The third-order valence-electron chi connectivity index (χ3n) is 3.48. The fourth-order valence-electron chi connectivity index (χ4n) is 2.07. The molecule has 6 nitrogen and oxygen atoms in total. The first-order chi connectivity index (χ1) is 11.6. The number of carbonyl (C=O) groups is 1. The number of hydrazone groups is 1. The molecule has 0 fully saturated rings. The maximum atomic E-state index is 12.2. The van der Waals surface area contributed by atoms with Crippen molar-refractivity contribution in [3.05, 3.63) is 53.6 Å². The summed E-state index contributed by atoms with van der Waals surface area (Å²) in [7, 11) is 4.67. The van der Waals surface area contributed by atoms with Crippen LogP contribution in [0.3, 0.4) is 0 Å². The average Bonchev–Trinajstić information content (AvgIpc) is 2.65. The van der Waals surface area contributed by atoms with Crippen molar-refractivity contribution in [1.82, 2.24) is 5.43 Å². The van der Waals surface area contributed by atoms with Crippen LogP contribution >= 0.6 is 0 Å². The van der Waals surface area contributed by atoms with Crippen LogP contribution in [0.1, 0.15) is 22.8 Å². The highest BCUT2D eigenvalue weighted by atomic mass is 16.5. The fourth-order valence-corrected chi connectivity index (χ4v) is 2.07. The zero-order valence-corrected chi connectivity index (χ0v) is 14.1. The number of nitrogens with one attached hydrogen (secondary N) is 1. The summed E-state index contributed by atoms with van der Waals surface area (Å²) in [6, 6.07) is 12.4. The smallest absolute Gasteiger partial charge is 0.271 e. The summed E-state index contributed by atoms with van der Waals surface area (Å²) < 4.78 is 15.5. The molecule has 2 rings (SSSR count). The van der Waals surface area contributed by atoms with Gasteiger partial charge < -0.3 is 14.2 Å². The molecule has 1 N–H and O–H groups in total. The summed E-state index contributed by atoms with van der Waals surface area (Å²) in [5.41, 5.74) is 4.54. The normalized spacial score (nSPS) is 10.9. The van der Waals surface area contributed by atoms with Gasteiger partial charge in [-0.25, -0.2) is 5.43 Å². The largest absolute Gasteiger partial charge is 0.497 e.